The quantitative estimate of drug-likeness (QED) is 0.150. The Kier molecular flexibility index (Phi) is 9.85. The lowest BCUT2D eigenvalue weighted by molar-refractivity contribution is 0.0480. The highest BCUT2D eigenvalue weighted by atomic mass is 19.3. The third-order valence-electron chi connectivity index (χ3n) is 12.8. The van der Waals surface area contributed by atoms with Gasteiger partial charge in [-0.25, -0.2) is 4.98 Å². The molecule has 0 bridgehead atoms. The Balaban J connectivity index is 0.904. The van der Waals surface area contributed by atoms with E-state index < -0.39 is 5.92 Å². The Labute approximate surface area is 372 Å². The van der Waals surface area contributed by atoms with Crippen LogP contribution in [0.4, 0.5) is 8.78 Å². The Bertz CT molecular complexity index is 3150. The summed E-state index contributed by atoms with van der Waals surface area (Å²) in [6.07, 6.45) is 2.22. The molecule has 2 unspecified atom stereocenters. The summed E-state index contributed by atoms with van der Waals surface area (Å²) in [5, 5.41) is 0. The molecule has 64 heavy (non-hydrogen) atoms. The highest BCUT2D eigenvalue weighted by Crippen LogP contribution is 2.53. The van der Waals surface area contributed by atoms with Crippen LogP contribution in [-0.4, -0.2) is 10.7 Å². The van der Waals surface area contributed by atoms with Crippen molar-refractivity contribution in [1.82, 2.24) is 4.98 Å². The van der Waals surface area contributed by atoms with Crippen molar-refractivity contribution >= 4 is 11.3 Å². The second-order valence-corrected chi connectivity index (χ2v) is 16.7. The van der Waals surface area contributed by atoms with Crippen LogP contribution in [0.5, 0.6) is 0 Å². The van der Waals surface area contributed by atoms with E-state index in [1.54, 1.807) is 12.1 Å². The second-order valence-electron chi connectivity index (χ2n) is 16.7. The van der Waals surface area contributed by atoms with Crippen LogP contribution in [0.15, 0.2) is 229 Å². The van der Waals surface area contributed by atoms with E-state index in [1.807, 2.05) is 72.8 Å². The van der Waals surface area contributed by atoms with Gasteiger partial charge in [0, 0.05) is 28.2 Å². The van der Waals surface area contributed by atoms with Crippen LogP contribution in [0.25, 0.3) is 72.6 Å². The van der Waals surface area contributed by atoms with Gasteiger partial charge in [0.1, 0.15) is 0 Å². The monoisotopic (exact) mass is 828 g/mol. The summed E-state index contributed by atoms with van der Waals surface area (Å²) >= 11 is 0. The van der Waals surface area contributed by atoms with Gasteiger partial charge in [-0.1, -0.05) is 201 Å². The van der Waals surface area contributed by atoms with E-state index in [0.717, 1.165) is 67.2 Å². The van der Waals surface area contributed by atoms with Crippen LogP contribution in [0.1, 0.15) is 40.8 Å². The summed E-state index contributed by atoms with van der Waals surface area (Å²) in [7, 11) is 0. The molecule has 0 radical (unpaired) electrons. The number of dihydropyridines is 1. The normalized spacial score (nSPS) is 16.0. The summed E-state index contributed by atoms with van der Waals surface area (Å²) in [6, 6.07) is 73.0. The number of fused-ring (bicyclic) bond motifs is 3. The Hall–Kier alpha value is -7.82. The number of aliphatic imine (C=N–C) groups is 1. The molecule has 8 aromatic carbocycles. The topological polar surface area (TPSA) is 25.2 Å². The molecule has 0 N–H and O–H groups in total. The third-order valence-corrected chi connectivity index (χ3v) is 12.8. The Morgan fingerprint density at radius 2 is 0.797 bits per heavy atom. The van der Waals surface area contributed by atoms with Gasteiger partial charge in [0.15, 0.2) is 0 Å². The van der Waals surface area contributed by atoms with E-state index in [-0.39, 0.29) is 23.1 Å². The van der Waals surface area contributed by atoms with Crippen molar-refractivity contribution in [2.24, 2.45) is 10.9 Å². The van der Waals surface area contributed by atoms with Crippen LogP contribution in [0.3, 0.4) is 0 Å². The summed E-state index contributed by atoms with van der Waals surface area (Å²) in [4.78, 5) is 10.3. The van der Waals surface area contributed by atoms with Crippen molar-refractivity contribution in [2.75, 3.05) is 0 Å². The number of hydrogen-bond donors (Lipinski definition) is 0. The SMILES string of the molecule is CC1C(c2ccccc2)=CC(c2ccc(-c3ccc4c(c3)-c3cc(-c5ccc(-c6cc(-c7ccccc7)nc(-c7ccccc7)c6)cc5)ccc3C4(F)F)cc2)=NC1c1ccccc1. The number of allylic oxidation sites excluding steroid dienone is 1. The average Bonchev–Trinajstić information content (AvgIpc) is 3.59. The summed E-state index contributed by atoms with van der Waals surface area (Å²) in [5.41, 5.74) is 16.4. The van der Waals surface area contributed by atoms with Crippen LogP contribution in [0.2, 0.25) is 0 Å². The zero-order chi connectivity index (χ0) is 43.2. The molecule has 2 nitrogen and oxygen atoms in total. The van der Waals surface area contributed by atoms with E-state index in [4.69, 9.17) is 9.98 Å². The highest BCUT2D eigenvalue weighted by Gasteiger charge is 2.44. The van der Waals surface area contributed by atoms with Crippen LogP contribution in [0, 0.1) is 5.92 Å². The maximum atomic E-state index is 16.1. The lowest BCUT2D eigenvalue weighted by Crippen LogP contribution is -2.18. The van der Waals surface area contributed by atoms with Crippen molar-refractivity contribution in [3.05, 3.63) is 252 Å². The van der Waals surface area contributed by atoms with E-state index in [9.17, 15) is 0 Å². The maximum absolute atomic E-state index is 16.1. The van der Waals surface area contributed by atoms with E-state index in [1.165, 1.54) is 16.7 Å². The minimum atomic E-state index is -3.10. The fraction of sp³-hybridized carbons (Fsp3) is 0.0667. The first-order chi connectivity index (χ1) is 31.4. The van der Waals surface area contributed by atoms with Crippen LogP contribution >= 0.6 is 0 Å². The summed E-state index contributed by atoms with van der Waals surface area (Å²) in [5.74, 6) is -2.91. The fourth-order valence-corrected chi connectivity index (χ4v) is 9.38. The predicted octanol–water partition coefficient (Wildman–Crippen LogP) is 15.8. The molecule has 2 atom stereocenters. The van der Waals surface area contributed by atoms with Gasteiger partial charge in [0.2, 0.25) is 0 Å². The lowest BCUT2D eigenvalue weighted by Gasteiger charge is -2.29. The molecule has 0 amide bonds. The third kappa shape index (κ3) is 7.17. The molecular weight excluding hydrogens is 787 g/mol. The molecule has 0 saturated carbocycles. The summed E-state index contributed by atoms with van der Waals surface area (Å²) < 4.78 is 32.2. The van der Waals surface area contributed by atoms with Gasteiger partial charge in [-0.2, -0.15) is 8.78 Å². The molecule has 2 heterocycles. The van der Waals surface area contributed by atoms with E-state index in [2.05, 4.69) is 146 Å². The van der Waals surface area contributed by atoms with Crippen molar-refractivity contribution in [3.63, 3.8) is 0 Å². The number of aromatic nitrogens is 1. The Morgan fingerprint density at radius 3 is 1.28 bits per heavy atom. The van der Waals surface area contributed by atoms with Crippen molar-refractivity contribution in [3.8, 4) is 67.0 Å². The van der Waals surface area contributed by atoms with Gasteiger partial charge < -0.3 is 0 Å². The maximum Gasteiger partial charge on any atom is 0.299 e. The second kappa shape index (κ2) is 16.1. The molecule has 0 spiro atoms. The number of rotatable bonds is 8. The van der Waals surface area contributed by atoms with Gasteiger partial charge in [-0.3, -0.25) is 4.99 Å². The largest absolute Gasteiger partial charge is 0.299 e. The van der Waals surface area contributed by atoms with Gasteiger partial charge >= 0.3 is 0 Å². The first kappa shape index (κ1) is 39.1. The Morgan fingerprint density at radius 1 is 0.391 bits per heavy atom. The van der Waals surface area contributed by atoms with Gasteiger partial charge in [0.05, 0.1) is 23.1 Å². The molecule has 9 aromatic rings. The molecule has 0 saturated heterocycles. The van der Waals surface area contributed by atoms with E-state index >= 15 is 8.78 Å². The van der Waals surface area contributed by atoms with Crippen LogP contribution in [-0.2, 0) is 5.92 Å². The molecular formula is C60H42F2N2. The molecule has 1 aliphatic heterocycles. The molecule has 0 fully saturated rings. The first-order valence-corrected chi connectivity index (χ1v) is 21.8. The zero-order valence-electron chi connectivity index (χ0n) is 35.2. The number of benzene rings is 8. The standard InChI is InChI=1S/C60H42F2N2/c1-39-51(43-14-6-2-7-15-43)38-58(64-59(39)47-20-12-5-13-21-47)46-28-26-41(27-29-46)49-31-33-55-53(35-49)52-34-48(30-32-54(52)60(55,61)62)40-22-24-42(25-23-40)50-36-56(44-16-8-3-9-17-44)63-57(37-50)45-18-10-4-11-19-45/h2-39,59H,1H3. The molecule has 306 valence electrons. The van der Waals surface area contributed by atoms with Gasteiger partial charge in [0.25, 0.3) is 5.92 Å². The zero-order valence-corrected chi connectivity index (χ0v) is 35.2. The number of pyridine rings is 1. The van der Waals surface area contributed by atoms with Gasteiger partial charge in [-0.05, 0) is 97.1 Å². The number of alkyl halides is 2. The number of halogens is 2. The first-order valence-electron chi connectivity index (χ1n) is 21.8. The molecule has 11 rings (SSSR count). The molecule has 1 aromatic heterocycles. The summed E-state index contributed by atoms with van der Waals surface area (Å²) in [6.45, 7) is 2.25. The average molecular weight is 829 g/mol. The van der Waals surface area contributed by atoms with Crippen molar-refractivity contribution in [2.45, 2.75) is 18.9 Å². The van der Waals surface area contributed by atoms with Gasteiger partial charge in [-0.15, -0.1) is 0 Å². The minimum absolute atomic E-state index is 0.0277. The predicted molar refractivity (Wildman–Crippen MR) is 259 cm³/mol. The minimum Gasteiger partial charge on any atom is -0.276 e. The number of nitrogens with zero attached hydrogens (tertiary/aromatic N) is 2. The molecule has 2 aliphatic rings. The number of hydrogen-bond acceptors (Lipinski definition) is 2. The van der Waals surface area contributed by atoms with Crippen LogP contribution < -0.4 is 0 Å². The van der Waals surface area contributed by atoms with Crippen molar-refractivity contribution < 1.29 is 8.78 Å². The van der Waals surface area contributed by atoms with E-state index in [0.29, 0.717) is 11.1 Å². The smallest absolute Gasteiger partial charge is 0.276 e. The van der Waals surface area contributed by atoms with Crippen molar-refractivity contribution in [1.29, 1.82) is 0 Å². The highest BCUT2D eigenvalue weighted by molar-refractivity contribution is 6.13. The lowest BCUT2D eigenvalue weighted by atomic mass is 9.81. The molecule has 1 aliphatic carbocycles. The fourth-order valence-electron chi connectivity index (χ4n) is 9.38. The molecule has 4 heteroatoms.